The number of ether oxygens (including phenoxy) is 1. The Morgan fingerprint density at radius 2 is 2.15 bits per heavy atom. The molecule has 1 aliphatic rings. The third-order valence-electron chi connectivity index (χ3n) is 5.64. The van der Waals surface area contributed by atoms with Gasteiger partial charge in [0.05, 0.1) is 11.0 Å². The van der Waals surface area contributed by atoms with Crippen molar-refractivity contribution in [3.8, 4) is 0 Å². The largest absolute Gasteiger partial charge is 0.461 e. The number of fused-ring (bicyclic) bond motifs is 1. The third-order valence-corrected chi connectivity index (χ3v) is 5.87. The number of rotatable bonds is 5. The van der Waals surface area contributed by atoms with Crippen LogP contribution in [0.4, 0.5) is 0 Å². The van der Waals surface area contributed by atoms with E-state index >= 15 is 0 Å². The van der Waals surface area contributed by atoms with Gasteiger partial charge in [0, 0.05) is 11.4 Å². The van der Waals surface area contributed by atoms with Crippen LogP contribution < -0.4 is 0 Å². The zero-order valence-electron chi connectivity index (χ0n) is 16.2. The van der Waals surface area contributed by atoms with Crippen molar-refractivity contribution < 1.29 is 9.53 Å². The van der Waals surface area contributed by atoms with E-state index in [4.69, 9.17) is 16.3 Å². The zero-order chi connectivity index (χ0) is 18.8. The molecule has 1 fully saturated rings. The second kappa shape index (κ2) is 7.99. The molecule has 0 bridgehead atoms. The molecule has 3 rings (SSSR count). The van der Waals surface area contributed by atoms with Crippen LogP contribution in [0.5, 0.6) is 0 Å². The molecule has 1 aromatic carbocycles. The predicted octanol–water partition coefficient (Wildman–Crippen LogP) is 5.26. The van der Waals surface area contributed by atoms with Gasteiger partial charge < -0.3 is 9.30 Å². The molecule has 2 aromatic rings. The minimum absolute atomic E-state index is 0.0283. The molecule has 142 valence electrons. The predicted molar refractivity (Wildman–Crippen MR) is 105 cm³/mol. The lowest BCUT2D eigenvalue weighted by Crippen LogP contribution is -2.36. The molecule has 1 unspecified atom stereocenters. The van der Waals surface area contributed by atoms with Gasteiger partial charge in [-0.3, -0.25) is 4.79 Å². The van der Waals surface area contributed by atoms with Crippen molar-refractivity contribution in [2.24, 2.45) is 17.8 Å². The normalized spacial score (nSPS) is 23.5. The van der Waals surface area contributed by atoms with Gasteiger partial charge in [0.2, 0.25) is 0 Å². The third kappa shape index (κ3) is 4.06. The highest BCUT2D eigenvalue weighted by atomic mass is 35.5. The van der Waals surface area contributed by atoms with Crippen LogP contribution in [-0.4, -0.2) is 21.6 Å². The summed E-state index contributed by atoms with van der Waals surface area (Å²) in [5.74, 6) is 2.32. The fourth-order valence-corrected chi connectivity index (χ4v) is 4.35. The quantitative estimate of drug-likeness (QED) is 0.669. The van der Waals surface area contributed by atoms with Crippen molar-refractivity contribution in [1.82, 2.24) is 9.55 Å². The van der Waals surface area contributed by atoms with Crippen LogP contribution in [0.25, 0.3) is 11.0 Å². The number of hydrogen-bond donors (Lipinski definition) is 0. The number of imidazole rings is 1. The molecule has 5 heteroatoms. The summed E-state index contributed by atoms with van der Waals surface area (Å²) in [6.45, 7) is 8.95. The monoisotopic (exact) mass is 376 g/mol. The van der Waals surface area contributed by atoms with E-state index in [0.717, 1.165) is 36.1 Å². The van der Waals surface area contributed by atoms with Gasteiger partial charge in [-0.05, 0) is 48.8 Å². The summed E-state index contributed by atoms with van der Waals surface area (Å²) >= 11 is 6.08. The molecule has 3 atom stereocenters. The molecule has 0 radical (unpaired) electrons. The van der Waals surface area contributed by atoms with Crippen LogP contribution in [0.1, 0.15) is 52.8 Å². The average molecular weight is 377 g/mol. The average Bonchev–Trinajstić information content (AvgIpc) is 2.91. The van der Waals surface area contributed by atoms with Gasteiger partial charge in [-0.1, -0.05) is 45.7 Å². The molecule has 1 aromatic heterocycles. The first-order valence-corrected chi connectivity index (χ1v) is 10.1. The number of carbonyl (C=O) groups excluding carboxylic acids is 1. The van der Waals surface area contributed by atoms with E-state index in [1.807, 2.05) is 29.7 Å². The SMILES string of the molecule is CCc1nc2cc(Cl)ccc2n1CC(=O)O[C@@H]1C[C@H](C)CCC1C(C)C. The van der Waals surface area contributed by atoms with Gasteiger partial charge in [-0.2, -0.15) is 0 Å². The van der Waals surface area contributed by atoms with Gasteiger partial charge in [-0.25, -0.2) is 4.98 Å². The fourth-order valence-electron chi connectivity index (χ4n) is 4.18. The van der Waals surface area contributed by atoms with Crippen LogP contribution in [0, 0.1) is 17.8 Å². The van der Waals surface area contributed by atoms with E-state index in [1.165, 1.54) is 6.42 Å². The summed E-state index contributed by atoms with van der Waals surface area (Å²) in [6.07, 6.45) is 4.12. The maximum absolute atomic E-state index is 12.7. The maximum atomic E-state index is 12.7. The number of benzene rings is 1. The highest BCUT2D eigenvalue weighted by Gasteiger charge is 2.33. The van der Waals surface area contributed by atoms with Crippen LogP contribution in [0.15, 0.2) is 18.2 Å². The Balaban J connectivity index is 1.78. The summed E-state index contributed by atoms with van der Waals surface area (Å²) < 4.78 is 7.93. The number of carbonyl (C=O) groups is 1. The molecule has 1 aliphatic carbocycles. The number of aryl methyl sites for hydroxylation is 1. The lowest BCUT2D eigenvalue weighted by molar-refractivity contribution is -0.156. The van der Waals surface area contributed by atoms with Gasteiger partial charge in [0.25, 0.3) is 0 Å². The molecular weight excluding hydrogens is 348 g/mol. The van der Waals surface area contributed by atoms with Crippen LogP contribution in [-0.2, 0) is 22.5 Å². The molecule has 26 heavy (non-hydrogen) atoms. The Morgan fingerprint density at radius 3 is 2.85 bits per heavy atom. The van der Waals surface area contributed by atoms with Crippen LogP contribution in [0.3, 0.4) is 0 Å². The number of aromatic nitrogens is 2. The lowest BCUT2D eigenvalue weighted by atomic mass is 9.75. The highest BCUT2D eigenvalue weighted by Crippen LogP contribution is 2.35. The van der Waals surface area contributed by atoms with E-state index in [1.54, 1.807) is 0 Å². The van der Waals surface area contributed by atoms with E-state index in [9.17, 15) is 4.79 Å². The minimum Gasteiger partial charge on any atom is -0.461 e. The summed E-state index contributed by atoms with van der Waals surface area (Å²) in [6, 6.07) is 5.61. The Labute approximate surface area is 160 Å². The van der Waals surface area contributed by atoms with Crippen molar-refractivity contribution in [3.63, 3.8) is 0 Å². The summed E-state index contributed by atoms with van der Waals surface area (Å²) in [5.41, 5.74) is 1.76. The van der Waals surface area contributed by atoms with Crippen molar-refractivity contribution >= 4 is 28.6 Å². The molecule has 1 saturated carbocycles. The summed E-state index contributed by atoms with van der Waals surface area (Å²) in [5, 5.41) is 0.656. The summed E-state index contributed by atoms with van der Waals surface area (Å²) in [7, 11) is 0. The molecule has 0 saturated heterocycles. The first kappa shape index (κ1) is 19.2. The second-order valence-corrected chi connectivity index (χ2v) is 8.39. The van der Waals surface area contributed by atoms with E-state index in [2.05, 4.69) is 25.8 Å². The fraction of sp³-hybridized carbons (Fsp3) is 0.619. The van der Waals surface area contributed by atoms with E-state index in [0.29, 0.717) is 22.8 Å². The van der Waals surface area contributed by atoms with Crippen molar-refractivity contribution in [2.75, 3.05) is 0 Å². The standard InChI is InChI=1S/C21H29ClN2O2/c1-5-20-23-17-11-15(22)7-9-18(17)24(20)12-21(25)26-19-10-14(4)6-8-16(19)13(2)3/h7,9,11,13-14,16,19H,5-6,8,10,12H2,1-4H3/t14-,16?,19-/m1/s1. The molecule has 0 N–H and O–H groups in total. The van der Waals surface area contributed by atoms with Gasteiger partial charge >= 0.3 is 5.97 Å². The van der Waals surface area contributed by atoms with Gasteiger partial charge in [-0.15, -0.1) is 0 Å². The lowest BCUT2D eigenvalue weighted by Gasteiger charge is -2.36. The number of esters is 1. The Kier molecular flexibility index (Phi) is 5.91. The zero-order valence-corrected chi connectivity index (χ0v) is 16.9. The van der Waals surface area contributed by atoms with Crippen molar-refractivity contribution in [1.29, 1.82) is 0 Å². The highest BCUT2D eigenvalue weighted by molar-refractivity contribution is 6.31. The molecule has 0 spiro atoms. The van der Waals surface area contributed by atoms with Crippen molar-refractivity contribution in [2.45, 2.75) is 66.0 Å². The summed E-state index contributed by atoms with van der Waals surface area (Å²) in [4.78, 5) is 17.4. The molecular formula is C21H29ClN2O2. The topological polar surface area (TPSA) is 44.1 Å². The smallest absolute Gasteiger partial charge is 0.326 e. The van der Waals surface area contributed by atoms with Gasteiger partial charge in [0.15, 0.2) is 0 Å². The Morgan fingerprint density at radius 1 is 1.38 bits per heavy atom. The number of hydrogen-bond acceptors (Lipinski definition) is 3. The van der Waals surface area contributed by atoms with Crippen molar-refractivity contribution in [3.05, 3.63) is 29.0 Å². The first-order valence-electron chi connectivity index (χ1n) is 9.73. The first-order chi connectivity index (χ1) is 12.4. The minimum atomic E-state index is -0.168. The molecule has 4 nitrogen and oxygen atoms in total. The maximum Gasteiger partial charge on any atom is 0.326 e. The number of nitrogens with zero attached hydrogens (tertiary/aromatic N) is 2. The molecule has 0 amide bonds. The second-order valence-electron chi connectivity index (χ2n) is 7.96. The van der Waals surface area contributed by atoms with E-state index in [-0.39, 0.29) is 18.6 Å². The van der Waals surface area contributed by atoms with Gasteiger partial charge in [0.1, 0.15) is 18.5 Å². The van der Waals surface area contributed by atoms with Crippen LogP contribution in [0.2, 0.25) is 5.02 Å². The Hall–Kier alpha value is -1.55. The Bertz CT molecular complexity index is 784. The van der Waals surface area contributed by atoms with Crippen LogP contribution >= 0.6 is 11.6 Å². The molecule has 0 aliphatic heterocycles. The van der Waals surface area contributed by atoms with E-state index < -0.39 is 0 Å². The number of halogens is 1. The molecule has 1 heterocycles.